The van der Waals surface area contributed by atoms with Crippen LogP contribution in [-0.4, -0.2) is 12.6 Å². The van der Waals surface area contributed by atoms with Crippen LogP contribution in [0.15, 0.2) is 36.4 Å². The van der Waals surface area contributed by atoms with Gasteiger partial charge in [-0.15, -0.1) is 0 Å². The van der Waals surface area contributed by atoms with Crippen molar-refractivity contribution >= 4 is 45.1 Å². The molecule has 0 saturated heterocycles. The molecular formula is C27H35BrCl2O2. The lowest BCUT2D eigenvalue weighted by Gasteiger charge is -2.16. The zero-order valence-electron chi connectivity index (χ0n) is 19.3. The van der Waals surface area contributed by atoms with Crippen LogP contribution in [0.1, 0.15) is 103 Å². The van der Waals surface area contributed by atoms with Crippen molar-refractivity contribution in [2.45, 2.75) is 82.9 Å². The molecule has 0 aliphatic heterocycles. The van der Waals surface area contributed by atoms with Crippen molar-refractivity contribution in [2.75, 3.05) is 6.61 Å². The van der Waals surface area contributed by atoms with Crippen molar-refractivity contribution in [2.24, 2.45) is 0 Å². The molecule has 0 heterocycles. The van der Waals surface area contributed by atoms with Crippen LogP contribution < -0.4 is 0 Å². The normalized spacial score (nSPS) is 12.0. The van der Waals surface area contributed by atoms with Gasteiger partial charge >= 0.3 is 5.97 Å². The fourth-order valence-electron chi connectivity index (χ4n) is 3.73. The number of hydrogen-bond donors (Lipinski definition) is 0. The standard InChI is InChI=1S/C27H35BrCl2O2/c1-3-4-5-6-7-8-9-10-11-12-17-32-27(31)21-14-16-25(30)23(19-21)26(28)22-18-20(2)13-15-24(22)29/h13-16,18-19,26H,3-12,17H2,1-2H3. The Bertz CT molecular complexity index is 854. The van der Waals surface area contributed by atoms with Gasteiger partial charge in [-0.2, -0.15) is 0 Å². The number of ether oxygens (including phenoxy) is 1. The minimum Gasteiger partial charge on any atom is -0.462 e. The number of aryl methyl sites for hydroxylation is 1. The minimum absolute atomic E-state index is 0.211. The minimum atomic E-state index is -0.311. The Morgan fingerprint density at radius 3 is 2.00 bits per heavy atom. The van der Waals surface area contributed by atoms with Gasteiger partial charge in [0.1, 0.15) is 0 Å². The zero-order valence-corrected chi connectivity index (χ0v) is 22.4. The summed E-state index contributed by atoms with van der Waals surface area (Å²) in [5.74, 6) is -0.311. The predicted octanol–water partition coefficient (Wildman–Crippen LogP) is 9.86. The third-order valence-corrected chi connectivity index (χ3v) is 7.34. The Labute approximate surface area is 212 Å². The van der Waals surface area contributed by atoms with E-state index < -0.39 is 0 Å². The molecule has 0 saturated carbocycles. The average molecular weight is 542 g/mol. The van der Waals surface area contributed by atoms with E-state index in [0.717, 1.165) is 29.5 Å². The first-order chi connectivity index (χ1) is 15.4. The van der Waals surface area contributed by atoms with Crippen molar-refractivity contribution in [1.29, 1.82) is 0 Å². The summed E-state index contributed by atoms with van der Waals surface area (Å²) < 4.78 is 5.50. The van der Waals surface area contributed by atoms with Crippen molar-refractivity contribution in [1.82, 2.24) is 0 Å². The Morgan fingerprint density at radius 1 is 0.844 bits per heavy atom. The fourth-order valence-corrected chi connectivity index (χ4v) is 5.20. The van der Waals surface area contributed by atoms with Crippen LogP contribution in [-0.2, 0) is 4.74 Å². The van der Waals surface area contributed by atoms with Crippen LogP contribution in [0.5, 0.6) is 0 Å². The highest BCUT2D eigenvalue weighted by atomic mass is 79.9. The second kappa shape index (κ2) is 15.0. The monoisotopic (exact) mass is 540 g/mol. The number of alkyl halides is 1. The Morgan fingerprint density at radius 2 is 1.38 bits per heavy atom. The maximum absolute atomic E-state index is 12.5. The van der Waals surface area contributed by atoms with Gasteiger partial charge in [0, 0.05) is 10.0 Å². The van der Waals surface area contributed by atoms with Gasteiger partial charge in [0.2, 0.25) is 0 Å². The van der Waals surface area contributed by atoms with Crippen molar-refractivity contribution in [3.8, 4) is 0 Å². The number of carbonyl (C=O) groups excluding carboxylic acids is 1. The van der Waals surface area contributed by atoms with Gasteiger partial charge in [-0.3, -0.25) is 0 Å². The smallest absolute Gasteiger partial charge is 0.338 e. The highest BCUT2D eigenvalue weighted by Crippen LogP contribution is 2.39. The molecule has 176 valence electrons. The van der Waals surface area contributed by atoms with Crippen LogP contribution in [0.2, 0.25) is 10.0 Å². The lowest BCUT2D eigenvalue weighted by molar-refractivity contribution is 0.0497. The lowest BCUT2D eigenvalue weighted by Crippen LogP contribution is -2.08. The van der Waals surface area contributed by atoms with E-state index in [4.69, 9.17) is 27.9 Å². The fraction of sp³-hybridized carbons (Fsp3) is 0.519. The van der Waals surface area contributed by atoms with E-state index in [2.05, 4.69) is 22.9 Å². The van der Waals surface area contributed by atoms with E-state index in [1.807, 2.05) is 25.1 Å². The highest BCUT2D eigenvalue weighted by Gasteiger charge is 2.19. The van der Waals surface area contributed by atoms with Gasteiger partial charge in [-0.05, 0) is 48.7 Å². The molecule has 32 heavy (non-hydrogen) atoms. The van der Waals surface area contributed by atoms with E-state index in [9.17, 15) is 4.79 Å². The second-order valence-corrected chi connectivity index (χ2v) is 10.2. The SMILES string of the molecule is CCCCCCCCCCCCOC(=O)c1ccc(Cl)c(C(Br)c2cc(C)ccc2Cl)c1. The van der Waals surface area contributed by atoms with E-state index in [1.165, 1.54) is 51.4 Å². The van der Waals surface area contributed by atoms with E-state index in [1.54, 1.807) is 18.2 Å². The summed E-state index contributed by atoms with van der Waals surface area (Å²) in [7, 11) is 0. The van der Waals surface area contributed by atoms with E-state index >= 15 is 0 Å². The molecule has 0 fully saturated rings. The molecule has 0 amide bonds. The van der Waals surface area contributed by atoms with Gasteiger partial charge in [-0.1, -0.05) is 122 Å². The molecule has 2 aromatic carbocycles. The van der Waals surface area contributed by atoms with Gasteiger partial charge in [0.15, 0.2) is 0 Å². The molecule has 5 heteroatoms. The quantitative estimate of drug-likeness (QED) is 0.135. The molecule has 0 aromatic heterocycles. The van der Waals surface area contributed by atoms with Crippen LogP contribution in [0.4, 0.5) is 0 Å². The molecule has 2 aromatic rings. The summed E-state index contributed by atoms with van der Waals surface area (Å²) in [6.07, 6.45) is 12.5. The number of halogens is 3. The number of hydrogen-bond acceptors (Lipinski definition) is 2. The Balaban J connectivity index is 1.79. The van der Waals surface area contributed by atoms with Crippen molar-refractivity contribution in [3.63, 3.8) is 0 Å². The van der Waals surface area contributed by atoms with Gasteiger partial charge < -0.3 is 4.74 Å². The predicted molar refractivity (Wildman–Crippen MR) is 141 cm³/mol. The topological polar surface area (TPSA) is 26.3 Å². The number of esters is 1. The molecule has 0 N–H and O–H groups in total. The summed E-state index contributed by atoms with van der Waals surface area (Å²) in [5, 5.41) is 1.23. The van der Waals surface area contributed by atoms with Gasteiger partial charge in [0.25, 0.3) is 0 Å². The summed E-state index contributed by atoms with van der Waals surface area (Å²) in [6.45, 7) is 4.72. The maximum Gasteiger partial charge on any atom is 0.338 e. The second-order valence-electron chi connectivity index (χ2n) is 8.44. The molecule has 0 aliphatic carbocycles. The van der Waals surface area contributed by atoms with Crippen molar-refractivity contribution in [3.05, 3.63) is 68.7 Å². The number of rotatable bonds is 14. The molecule has 2 nitrogen and oxygen atoms in total. The molecular weight excluding hydrogens is 507 g/mol. The van der Waals surface area contributed by atoms with E-state index in [0.29, 0.717) is 22.2 Å². The number of unbranched alkanes of at least 4 members (excludes halogenated alkanes) is 9. The lowest BCUT2D eigenvalue weighted by atomic mass is 10.0. The Hall–Kier alpha value is -1.03. The summed E-state index contributed by atoms with van der Waals surface area (Å²) in [4.78, 5) is 12.3. The van der Waals surface area contributed by atoms with Crippen LogP contribution in [0.3, 0.4) is 0 Å². The first-order valence-electron chi connectivity index (χ1n) is 11.8. The number of carbonyl (C=O) groups is 1. The maximum atomic E-state index is 12.5. The summed E-state index contributed by atoms with van der Waals surface area (Å²) >= 11 is 16.5. The third-order valence-electron chi connectivity index (χ3n) is 5.66. The van der Waals surface area contributed by atoms with Crippen LogP contribution in [0.25, 0.3) is 0 Å². The van der Waals surface area contributed by atoms with Crippen LogP contribution in [0, 0.1) is 6.92 Å². The molecule has 2 rings (SSSR count). The third kappa shape index (κ3) is 9.08. The molecule has 1 atom stereocenters. The largest absolute Gasteiger partial charge is 0.462 e. The molecule has 0 radical (unpaired) electrons. The first kappa shape index (κ1) is 27.2. The van der Waals surface area contributed by atoms with E-state index in [-0.39, 0.29) is 10.8 Å². The highest BCUT2D eigenvalue weighted by molar-refractivity contribution is 9.09. The number of benzene rings is 2. The zero-order chi connectivity index (χ0) is 23.3. The average Bonchev–Trinajstić information content (AvgIpc) is 2.78. The van der Waals surface area contributed by atoms with Crippen molar-refractivity contribution < 1.29 is 9.53 Å². The van der Waals surface area contributed by atoms with Gasteiger partial charge in [0.05, 0.1) is 17.0 Å². The molecule has 0 aliphatic rings. The first-order valence-corrected chi connectivity index (χ1v) is 13.5. The molecule has 1 unspecified atom stereocenters. The van der Waals surface area contributed by atoms with Gasteiger partial charge in [-0.25, -0.2) is 4.79 Å². The molecule has 0 bridgehead atoms. The molecule has 0 spiro atoms. The van der Waals surface area contributed by atoms with Crippen LogP contribution >= 0.6 is 39.1 Å². The summed E-state index contributed by atoms with van der Waals surface area (Å²) in [5.41, 5.74) is 3.33. The summed E-state index contributed by atoms with van der Waals surface area (Å²) in [6, 6.07) is 11.1. The Kier molecular flexibility index (Phi) is 12.7.